The molecular weight excluding hydrogens is 234 g/mol. The van der Waals surface area contributed by atoms with Gasteiger partial charge in [0.2, 0.25) is 0 Å². The lowest BCUT2D eigenvalue weighted by atomic mass is 9.94. The van der Waals surface area contributed by atoms with Crippen LogP contribution in [-0.2, 0) is 15.9 Å². The highest BCUT2D eigenvalue weighted by atomic mass is 32.1. The Hall–Kier alpha value is -0.420. The van der Waals surface area contributed by atoms with E-state index in [0.717, 1.165) is 13.2 Å². The summed E-state index contributed by atoms with van der Waals surface area (Å²) in [6.07, 6.45) is 3.81. The van der Waals surface area contributed by atoms with Crippen LogP contribution in [0.15, 0.2) is 11.4 Å². The number of nitrogens with one attached hydrogen (secondary N) is 1. The number of ether oxygens (including phenoxy) is 2. The number of aryl methyl sites for hydroxylation is 1. The molecule has 0 fully saturated rings. The van der Waals surface area contributed by atoms with Gasteiger partial charge in [0.1, 0.15) is 0 Å². The predicted molar refractivity (Wildman–Crippen MR) is 70.7 cm³/mol. The highest BCUT2D eigenvalue weighted by Crippen LogP contribution is 2.32. The minimum absolute atomic E-state index is 0.538. The van der Waals surface area contributed by atoms with Gasteiger partial charge in [-0.15, -0.1) is 11.3 Å². The highest BCUT2D eigenvalue weighted by Gasteiger charge is 2.20. The maximum absolute atomic E-state index is 5.45. The van der Waals surface area contributed by atoms with Crippen molar-refractivity contribution in [3.63, 3.8) is 0 Å². The summed E-state index contributed by atoms with van der Waals surface area (Å²) in [4.78, 5) is 1.56. The topological polar surface area (TPSA) is 30.5 Å². The Morgan fingerprint density at radius 3 is 3.24 bits per heavy atom. The highest BCUT2D eigenvalue weighted by molar-refractivity contribution is 7.10. The van der Waals surface area contributed by atoms with Crippen LogP contribution in [0.1, 0.15) is 29.3 Å². The minimum atomic E-state index is 0.538. The maximum atomic E-state index is 5.45. The summed E-state index contributed by atoms with van der Waals surface area (Å²) >= 11 is 1.89. The van der Waals surface area contributed by atoms with E-state index >= 15 is 0 Å². The van der Waals surface area contributed by atoms with Gasteiger partial charge in [0, 0.05) is 24.6 Å². The van der Waals surface area contributed by atoms with Gasteiger partial charge in [0.15, 0.2) is 0 Å². The molecule has 0 amide bonds. The van der Waals surface area contributed by atoms with Crippen molar-refractivity contribution in [1.29, 1.82) is 0 Å². The zero-order valence-electron chi connectivity index (χ0n) is 10.4. The zero-order chi connectivity index (χ0) is 11.9. The van der Waals surface area contributed by atoms with Crippen molar-refractivity contribution in [2.24, 2.45) is 0 Å². The summed E-state index contributed by atoms with van der Waals surface area (Å²) in [7, 11) is 1.70. The van der Waals surface area contributed by atoms with E-state index in [-0.39, 0.29) is 0 Å². The molecule has 1 heterocycles. The van der Waals surface area contributed by atoms with Gasteiger partial charge < -0.3 is 14.8 Å². The van der Waals surface area contributed by atoms with Gasteiger partial charge in [-0.05, 0) is 36.3 Å². The summed E-state index contributed by atoms with van der Waals surface area (Å²) in [5.41, 5.74) is 1.51. The molecule has 0 aliphatic heterocycles. The van der Waals surface area contributed by atoms with Crippen molar-refractivity contribution in [3.8, 4) is 0 Å². The maximum Gasteiger partial charge on any atom is 0.0700 e. The van der Waals surface area contributed by atoms with Gasteiger partial charge >= 0.3 is 0 Å². The van der Waals surface area contributed by atoms with Gasteiger partial charge in [0.25, 0.3) is 0 Å². The summed E-state index contributed by atoms with van der Waals surface area (Å²) in [6, 6.07) is 2.80. The van der Waals surface area contributed by atoms with Crippen LogP contribution < -0.4 is 5.32 Å². The second-order valence-electron chi connectivity index (χ2n) is 4.30. The SMILES string of the molecule is COCCOCCNC1CCCc2sccc21. The number of rotatable bonds is 7. The number of hydrogen-bond acceptors (Lipinski definition) is 4. The first-order chi connectivity index (χ1) is 8.42. The van der Waals surface area contributed by atoms with E-state index in [4.69, 9.17) is 9.47 Å². The van der Waals surface area contributed by atoms with Crippen molar-refractivity contribution < 1.29 is 9.47 Å². The zero-order valence-corrected chi connectivity index (χ0v) is 11.2. The molecular formula is C13H21NO2S. The molecule has 0 spiro atoms. The molecule has 2 rings (SSSR count). The second kappa shape index (κ2) is 7.11. The summed E-state index contributed by atoms with van der Waals surface area (Å²) in [5, 5.41) is 5.79. The monoisotopic (exact) mass is 255 g/mol. The fourth-order valence-electron chi connectivity index (χ4n) is 2.25. The van der Waals surface area contributed by atoms with Crippen LogP contribution in [0.25, 0.3) is 0 Å². The Morgan fingerprint density at radius 1 is 1.41 bits per heavy atom. The van der Waals surface area contributed by atoms with E-state index in [0.29, 0.717) is 19.3 Å². The third-order valence-corrected chi connectivity index (χ3v) is 4.12. The average molecular weight is 255 g/mol. The molecule has 1 unspecified atom stereocenters. The Balaban J connectivity index is 1.67. The summed E-state index contributed by atoms with van der Waals surface area (Å²) in [5.74, 6) is 0. The summed E-state index contributed by atoms with van der Waals surface area (Å²) < 4.78 is 10.4. The molecule has 1 atom stereocenters. The van der Waals surface area contributed by atoms with E-state index in [9.17, 15) is 0 Å². The van der Waals surface area contributed by atoms with Gasteiger partial charge in [-0.25, -0.2) is 0 Å². The van der Waals surface area contributed by atoms with Gasteiger partial charge in [-0.1, -0.05) is 0 Å². The lowest BCUT2D eigenvalue weighted by Crippen LogP contribution is -2.27. The summed E-state index contributed by atoms with van der Waals surface area (Å²) in [6.45, 7) is 3.05. The fraction of sp³-hybridized carbons (Fsp3) is 0.692. The van der Waals surface area contributed by atoms with Crippen molar-refractivity contribution in [2.75, 3.05) is 33.5 Å². The van der Waals surface area contributed by atoms with E-state index in [1.807, 2.05) is 11.3 Å². The molecule has 17 heavy (non-hydrogen) atoms. The Kier molecular flexibility index (Phi) is 5.45. The molecule has 1 aromatic heterocycles. The fourth-order valence-corrected chi connectivity index (χ4v) is 3.24. The van der Waals surface area contributed by atoms with Crippen LogP contribution in [0.4, 0.5) is 0 Å². The predicted octanol–water partition coefficient (Wildman–Crippen LogP) is 2.38. The standard InChI is InChI=1S/C13H21NO2S/c1-15-8-9-16-7-6-14-12-3-2-4-13-11(12)5-10-17-13/h5,10,12,14H,2-4,6-9H2,1H3. The third-order valence-electron chi connectivity index (χ3n) is 3.12. The van der Waals surface area contributed by atoms with Crippen LogP contribution in [0, 0.1) is 0 Å². The molecule has 1 aliphatic carbocycles. The second-order valence-corrected chi connectivity index (χ2v) is 5.30. The van der Waals surface area contributed by atoms with E-state index < -0.39 is 0 Å². The van der Waals surface area contributed by atoms with Crippen LogP contribution in [0.2, 0.25) is 0 Å². The smallest absolute Gasteiger partial charge is 0.0700 e. The van der Waals surface area contributed by atoms with Crippen LogP contribution in [-0.4, -0.2) is 33.5 Å². The quantitative estimate of drug-likeness (QED) is 0.759. The normalized spacial score (nSPS) is 19.2. The molecule has 0 aromatic carbocycles. The van der Waals surface area contributed by atoms with E-state index in [1.54, 1.807) is 12.0 Å². The molecule has 0 saturated heterocycles. The molecule has 1 aromatic rings. The van der Waals surface area contributed by atoms with Crippen molar-refractivity contribution in [2.45, 2.75) is 25.3 Å². The first-order valence-corrected chi connectivity index (χ1v) is 7.16. The Labute approximate surface area is 107 Å². The number of thiophene rings is 1. The van der Waals surface area contributed by atoms with Crippen molar-refractivity contribution in [3.05, 3.63) is 21.9 Å². The van der Waals surface area contributed by atoms with Crippen LogP contribution >= 0.6 is 11.3 Å². The molecule has 4 heteroatoms. The first kappa shape index (κ1) is 13.0. The van der Waals surface area contributed by atoms with E-state index in [2.05, 4.69) is 16.8 Å². The van der Waals surface area contributed by atoms with Crippen molar-refractivity contribution >= 4 is 11.3 Å². The Bertz CT molecular complexity index is 327. The van der Waals surface area contributed by atoms with Gasteiger partial charge in [-0.2, -0.15) is 0 Å². The molecule has 96 valence electrons. The largest absolute Gasteiger partial charge is 0.382 e. The molecule has 0 radical (unpaired) electrons. The molecule has 1 N–H and O–H groups in total. The number of methoxy groups -OCH3 is 1. The average Bonchev–Trinajstić information content (AvgIpc) is 2.82. The molecule has 1 aliphatic rings. The molecule has 0 saturated carbocycles. The van der Waals surface area contributed by atoms with Gasteiger partial charge in [0.05, 0.1) is 19.8 Å². The van der Waals surface area contributed by atoms with Gasteiger partial charge in [-0.3, -0.25) is 0 Å². The van der Waals surface area contributed by atoms with Crippen molar-refractivity contribution in [1.82, 2.24) is 5.32 Å². The van der Waals surface area contributed by atoms with Crippen LogP contribution in [0.3, 0.4) is 0 Å². The third kappa shape index (κ3) is 3.78. The lowest BCUT2D eigenvalue weighted by Gasteiger charge is -2.23. The lowest BCUT2D eigenvalue weighted by molar-refractivity contribution is 0.0708. The van der Waals surface area contributed by atoms with E-state index in [1.165, 1.54) is 24.8 Å². The molecule has 0 bridgehead atoms. The molecule has 3 nitrogen and oxygen atoms in total. The Morgan fingerprint density at radius 2 is 2.35 bits per heavy atom. The number of hydrogen-bond donors (Lipinski definition) is 1. The minimum Gasteiger partial charge on any atom is -0.382 e. The first-order valence-electron chi connectivity index (χ1n) is 6.28. The number of fused-ring (bicyclic) bond motifs is 1. The van der Waals surface area contributed by atoms with Crippen LogP contribution in [0.5, 0.6) is 0 Å².